The van der Waals surface area contributed by atoms with Gasteiger partial charge < -0.3 is 10.2 Å². The van der Waals surface area contributed by atoms with Crippen LogP contribution < -0.4 is 5.32 Å². The van der Waals surface area contributed by atoms with Crippen molar-refractivity contribution >= 4 is 23.4 Å². The Hall–Kier alpha value is -1.62. The molecule has 2 amide bonds. The summed E-state index contributed by atoms with van der Waals surface area (Å²) in [4.78, 5) is 31.6. The summed E-state index contributed by atoms with van der Waals surface area (Å²) in [6, 6.07) is 3.38. The maximum Gasteiger partial charge on any atom is 0.271 e. The van der Waals surface area contributed by atoms with Crippen molar-refractivity contribution in [1.29, 1.82) is 0 Å². The molecule has 0 radical (unpaired) electrons. The summed E-state index contributed by atoms with van der Waals surface area (Å²) < 4.78 is 0. The van der Waals surface area contributed by atoms with E-state index in [9.17, 15) is 9.59 Å². The standard InChI is InChI=1S/C21H28ClN3O2/c22-17-8-3-10-23-19(17)20(26)24-12-14-9-11-25(13-14)21(27)18(15-4-1-5-15)16-6-2-7-16/h3,8,10,14-16,18H,1-2,4-7,9,11-13H2,(H,24,26). The van der Waals surface area contributed by atoms with Gasteiger partial charge in [0, 0.05) is 31.7 Å². The van der Waals surface area contributed by atoms with Gasteiger partial charge in [0.25, 0.3) is 5.91 Å². The summed E-state index contributed by atoms with van der Waals surface area (Å²) in [5.74, 6) is 1.94. The Balaban J connectivity index is 1.30. The first kappa shape index (κ1) is 18.7. The molecule has 0 aromatic carbocycles. The number of nitrogens with one attached hydrogen (secondary N) is 1. The number of carbonyl (C=O) groups is 2. The Kier molecular flexibility index (Phi) is 5.67. The molecule has 3 aliphatic rings. The van der Waals surface area contributed by atoms with Crippen LogP contribution in [0.2, 0.25) is 5.02 Å². The van der Waals surface area contributed by atoms with Crippen LogP contribution in [0.4, 0.5) is 0 Å². The van der Waals surface area contributed by atoms with E-state index in [4.69, 9.17) is 11.6 Å². The van der Waals surface area contributed by atoms with E-state index in [1.165, 1.54) is 38.5 Å². The van der Waals surface area contributed by atoms with Crippen LogP contribution in [0.5, 0.6) is 0 Å². The van der Waals surface area contributed by atoms with E-state index < -0.39 is 0 Å². The number of hydrogen-bond donors (Lipinski definition) is 1. The van der Waals surface area contributed by atoms with Gasteiger partial charge in [0.2, 0.25) is 5.91 Å². The van der Waals surface area contributed by atoms with Crippen LogP contribution in [0.25, 0.3) is 0 Å². The van der Waals surface area contributed by atoms with Gasteiger partial charge >= 0.3 is 0 Å². The molecule has 6 heteroatoms. The van der Waals surface area contributed by atoms with Crippen LogP contribution in [-0.2, 0) is 4.79 Å². The van der Waals surface area contributed by atoms with Crippen LogP contribution in [0.15, 0.2) is 18.3 Å². The molecule has 0 spiro atoms. The second-order valence-electron chi connectivity index (χ2n) is 8.39. The third-order valence-electron chi connectivity index (χ3n) is 6.72. The van der Waals surface area contributed by atoms with Crippen molar-refractivity contribution in [3.05, 3.63) is 29.0 Å². The number of likely N-dealkylation sites (tertiary alicyclic amines) is 1. The topological polar surface area (TPSA) is 62.3 Å². The van der Waals surface area contributed by atoms with Crippen molar-refractivity contribution in [3.8, 4) is 0 Å². The van der Waals surface area contributed by atoms with E-state index in [-0.39, 0.29) is 17.5 Å². The van der Waals surface area contributed by atoms with Crippen molar-refractivity contribution in [2.45, 2.75) is 44.9 Å². The van der Waals surface area contributed by atoms with Crippen molar-refractivity contribution in [2.24, 2.45) is 23.7 Å². The van der Waals surface area contributed by atoms with Gasteiger partial charge in [0.05, 0.1) is 5.02 Å². The third-order valence-corrected chi connectivity index (χ3v) is 7.03. The number of rotatable bonds is 6. The average Bonchev–Trinajstić information content (AvgIpc) is 3.05. The lowest BCUT2D eigenvalue weighted by atomic mass is 9.64. The highest BCUT2D eigenvalue weighted by Gasteiger charge is 2.43. The maximum atomic E-state index is 13.2. The number of hydrogen-bond acceptors (Lipinski definition) is 3. The predicted octanol–water partition coefficient (Wildman–Crippen LogP) is 3.53. The molecule has 1 unspecified atom stereocenters. The summed E-state index contributed by atoms with van der Waals surface area (Å²) in [5, 5.41) is 3.30. The maximum absolute atomic E-state index is 13.2. The van der Waals surface area contributed by atoms with Crippen LogP contribution >= 0.6 is 11.6 Å². The molecule has 2 aliphatic carbocycles. The predicted molar refractivity (Wildman–Crippen MR) is 104 cm³/mol. The van der Waals surface area contributed by atoms with Crippen molar-refractivity contribution in [1.82, 2.24) is 15.2 Å². The van der Waals surface area contributed by atoms with Crippen LogP contribution in [0.3, 0.4) is 0 Å². The number of nitrogens with zero attached hydrogens (tertiary/aromatic N) is 2. The minimum atomic E-state index is -0.243. The molecule has 3 fully saturated rings. The molecule has 1 aromatic rings. The minimum Gasteiger partial charge on any atom is -0.350 e. The normalized spacial score (nSPS) is 23.2. The molecule has 1 N–H and O–H groups in total. The van der Waals surface area contributed by atoms with Gasteiger partial charge in [-0.1, -0.05) is 24.4 Å². The highest BCUT2D eigenvalue weighted by Crippen LogP contribution is 2.45. The van der Waals surface area contributed by atoms with Crippen LogP contribution in [-0.4, -0.2) is 41.3 Å². The summed E-state index contributed by atoms with van der Waals surface area (Å²) in [6.45, 7) is 2.14. The van der Waals surface area contributed by atoms with E-state index in [1.54, 1.807) is 18.3 Å². The quantitative estimate of drug-likeness (QED) is 0.809. The van der Waals surface area contributed by atoms with E-state index >= 15 is 0 Å². The highest BCUT2D eigenvalue weighted by molar-refractivity contribution is 6.33. The molecule has 1 atom stereocenters. The molecule has 27 heavy (non-hydrogen) atoms. The summed E-state index contributed by atoms with van der Waals surface area (Å²) in [6.07, 6.45) is 9.99. The van der Waals surface area contributed by atoms with Crippen molar-refractivity contribution in [2.75, 3.05) is 19.6 Å². The number of amides is 2. The first-order chi connectivity index (χ1) is 13.1. The Labute approximate surface area is 165 Å². The molecular weight excluding hydrogens is 362 g/mol. The lowest BCUT2D eigenvalue weighted by Crippen LogP contribution is -2.45. The lowest BCUT2D eigenvalue weighted by Gasteiger charge is -2.43. The number of pyridine rings is 1. The van der Waals surface area contributed by atoms with Gasteiger partial charge in [0.15, 0.2) is 0 Å². The largest absolute Gasteiger partial charge is 0.350 e. The number of aromatic nitrogens is 1. The Morgan fingerprint density at radius 1 is 1.19 bits per heavy atom. The molecule has 146 valence electrons. The van der Waals surface area contributed by atoms with Crippen LogP contribution in [0.1, 0.15) is 55.4 Å². The second-order valence-corrected chi connectivity index (χ2v) is 8.80. The monoisotopic (exact) mass is 389 g/mol. The zero-order valence-corrected chi connectivity index (χ0v) is 16.5. The summed E-state index contributed by atoms with van der Waals surface area (Å²) >= 11 is 6.04. The number of halogens is 1. The smallest absolute Gasteiger partial charge is 0.271 e. The Morgan fingerprint density at radius 3 is 2.48 bits per heavy atom. The van der Waals surface area contributed by atoms with Gasteiger partial charge in [0.1, 0.15) is 5.69 Å². The summed E-state index contributed by atoms with van der Waals surface area (Å²) in [7, 11) is 0. The molecular formula is C21H28ClN3O2. The van der Waals surface area contributed by atoms with Gasteiger partial charge in [-0.15, -0.1) is 0 Å². The van der Waals surface area contributed by atoms with E-state index in [1.807, 2.05) is 0 Å². The average molecular weight is 390 g/mol. The third kappa shape index (κ3) is 3.98. The first-order valence-electron chi connectivity index (χ1n) is 10.3. The van der Waals surface area contributed by atoms with E-state index in [0.717, 1.165) is 19.5 Å². The molecule has 2 heterocycles. The fraction of sp³-hybridized carbons (Fsp3) is 0.667. The zero-order valence-electron chi connectivity index (χ0n) is 15.7. The molecule has 1 saturated heterocycles. The van der Waals surface area contributed by atoms with Gasteiger partial charge in [-0.3, -0.25) is 9.59 Å². The molecule has 0 bridgehead atoms. The Bertz CT molecular complexity index is 688. The fourth-order valence-corrected chi connectivity index (χ4v) is 4.88. The lowest BCUT2D eigenvalue weighted by molar-refractivity contribution is -0.141. The molecule has 4 rings (SSSR count). The van der Waals surface area contributed by atoms with Gasteiger partial charge in [-0.25, -0.2) is 4.98 Å². The van der Waals surface area contributed by atoms with Gasteiger partial charge in [-0.2, -0.15) is 0 Å². The fourth-order valence-electron chi connectivity index (χ4n) is 4.67. The van der Waals surface area contributed by atoms with Crippen LogP contribution in [0, 0.1) is 23.7 Å². The Morgan fingerprint density at radius 2 is 1.89 bits per heavy atom. The highest BCUT2D eigenvalue weighted by atomic mass is 35.5. The minimum absolute atomic E-state index is 0.243. The number of carbonyl (C=O) groups excluding carboxylic acids is 2. The first-order valence-corrected chi connectivity index (χ1v) is 10.7. The molecule has 2 saturated carbocycles. The molecule has 5 nitrogen and oxygen atoms in total. The van der Waals surface area contributed by atoms with E-state index in [2.05, 4.69) is 15.2 Å². The summed E-state index contributed by atoms with van der Waals surface area (Å²) in [5.41, 5.74) is 0.264. The SMILES string of the molecule is O=C(NCC1CCN(C(=O)C(C2CCC2)C2CCC2)C1)c1ncccc1Cl. The van der Waals surface area contributed by atoms with E-state index in [0.29, 0.717) is 35.2 Å². The van der Waals surface area contributed by atoms with Crippen molar-refractivity contribution in [3.63, 3.8) is 0 Å². The molecule has 1 aliphatic heterocycles. The second kappa shape index (κ2) is 8.17. The zero-order chi connectivity index (χ0) is 18.8. The van der Waals surface area contributed by atoms with Crippen molar-refractivity contribution < 1.29 is 9.59 Å². The molecule has 1 aromatic heterocycles. The van der Waals surface area contributed by atoms with Gasteiger partial charge in [-0.05, 0) is 62.0 Å².